The van der Waals surface area contributed by atoms with Crippen LogP contribution in [0.15, 0.2) is 42.5 Å². The van der Waals surface area contributed by atoms with Crippen LogP contribution < -0.4 is 10.6 Å². The highest BCUT2D eigenvalue weighted by atomic mass is 35.5. The molecule has 0 radical (unpaired) electrons. The normalized spacial score (nSPS) is 15.0. The summed E-state index contributed by atoms with van der Waals surface area (Å²) in [6, 6.07) is 11.3. The first-order chi connectivity index (χ1) is 13.4. The van der Waals surface area contributed by atoms with Crippen molar-refractivity contribution in [3.63, 3.8) is 0 Å². The molecule has 0 spiro atoms. The van der Waals surface area contributed by atoms with E-state index in [2.05, 4.69) is 10.6 Å². The number of nitrogens with one attached hydrogen (secondary N) is 2. The number of carbonyl (C=O) groups is 2. The Bertz CT molecular complexity index is 874. The van der Waals surface area contributed by atoms with Crippen molar-refractivity contribution >= 4 is 29.1 Å². The fourth-order valence-electron chi connectivity index (χ4n) is 3.15. The summed E-state index contributed by atoms with van der Waals surface area (Å²) in [4.78, 5) is 26.1. The molecule has 2 N–H and O–H groups in total. The third-order valence-electron chi connectivity index (χ3n) is 4.83. The first-order valence-corrected chi connectivity index (χ1v) is 9.65. The maximum absolute atomic E-state index is 13.8. The van der Waals surface area contributed by atoms with Crippen molar-refractivity contribution in [2.45, 2.75) is 38.9 Å². The minimum atomic E-state index is -0.542. The van der Waals surface area contributed by atoms with E-state index in [-0.39, 0.29) is 17.5 Å². The number of rotatable bonds is 7. The molecule has 1 saturated heterocycles. The van der Waals surface area contributed by atoms with Crippen LogP contribution in [-0.4, -0.2) is 29.3 Å². The summed E-state index contributed by atoms with van der Waals surface area (Å²) in [7, 11) is 0. The van der Waals surface area contributed by atoms with Gasteiger partial charge in [0.1, 0.15) is 5.82 Å². The molecule has 1 atom stereocenters. The van der Waals surface area contributed by atoms with Crippen LogP contribution in [0.25, 0.3) is 0 Å². The molecule has 0 aliphatic carbocycles. The van der Waals surface area contributed by atoms with Gasteiger partial charge < -0.3 is 15.5 Å². The van der Waals surface area contributed by atoms with Crippen molar-refractivity contribution in [2.75, 3.05) is 11.9 Å². The molecule has 2 amide bonds. The van der Waals surface area contributed by atoms with Gasteiger partial charge in [0.05, 0.1) is 11.7 Å². The summed E-state index contributed by atoms with van der Waals surface area (Å²) in [6.45, 7) is 3.53. The van der Waals surface area contributed by atoms with Crippen molar-refractivity contribution in [1.29, 1.82) is 0 Å². The van der Waals surface area contributed by atoms with Gasteiger partial charge in [-0.3, -0.25) is 9.59 Å². The number of nitrogens with zero attached hydrogens (tertiary/aromatic N) is 1. The lowest BCUT2D eigenvalue weighted by atomic mass is 10.1. The number of hydrogen-bond acceptors (Lipinski definition) is 3. The Morgan fingerprint density at radius 3 is 2.71 bits per heavy atom. The Morgan fingerprint density at radius 1 is 1.25 bits per heavy atom. The van der Waals surface area contributed by atoms with Crippen molar-refractivity contribution in [2.24, 2.45) is 0 Å². The molecule has 1 aliphatic heterocycles. The van der Waals surface area contributed by atoms with E-state index in [1.54, 1.807) is 6.92 Å². The van der Waals surface area contributed by atoms with Gasteiger partial charge in [0.25, 0.3) is 0 Å². The van der Waals surface area contributed by atoms with Gasteiger partial charge in [-0.1, -0.05) is 35.9 Å². The molecule has 148 valence electrons. The monoisotopic (exact) mass is 403 g/mol. The Balaban J connectivity index is 1.59. The highest BCUT2D eigenvalue weighted by molar-refractivity contribution is 6.30. The summed E-state index contributed by atoms with van der Waals surface area (Å²) >= 11 is 5.86. The van der Waals surface area contributed by atoms with Crippen LogP contribution in [-0.2, 0) is 22.7 Å². The lowest BCUT2D eigenvalue weighted by Crippen LogP contribution is -2.38. The first kappa shape index (κ1) is 20.3. The van der Waals surface area contributed by atoms with Crippen molar-refractivity contribution < 1.29 is 14.0 Å². The van der Waals surface area contributed by atoms with E-state index in [0.717, 1.165) is 24.1 Å². The number of benzene rings is 2. The number of amides is 2. The molecule has 1 aliphatic rings. The zero-order valence-electron chi connectivity index (χ0n) is 15.7. The third kappa shape index (κ3) is 5.09. The quantitative estimate of drug-likeness (QED) is 0.740. The molecule has 0 bridgehead atoms. The molecular formula is C21H23ClFN3O2. The lowest BCUT2D eigenvalue weighted by Gasteiger charge is -2.20. The van der Waals surface area contributed by atoms with E-state index >= 15 is 0 Å². The van der Waals surface area contributed by atoms with E-state index in [0.29, 0.717) is 24.5 Å². The number of anilines is 1. The maximum Gasteiger partial charge on any atom is 0.241 e. The fourth-order valence-corrected chi connectivity index (χ4v) is 3.32. The second-order valence-corrected chi connectivity index (χ2v) is 7.34. The summed E-state index contributed by atoms with van der Waals surface area (Å²) in [5.74, 6) is -0.710. The van der Waals surface area contributed by atoms with E-state index in [4.69, 9.17) is 11.6 Å². The number of hydrogen-bond donors (Lipinski definition) is 2. The zero-order chi connectivity index (χ0) is 20.1. The van der Waals surface area contributed by atoms with Crippen LogP contribution in [0.5, 0.6) is 0 Å². The Labute approximate surface area is 168 Å². The maximum atomic E-state index is 13.8. The molecule has 1 heterocycles. The van der Waals surface area contributed by atoms with Crippen LogP contribution in [0.4, 0.5) is 10.1 Å². The van der Waals surface area contributed by atoms with E-state index in [1.807, 2.05) is 29.2 Å². The van der Waals surface area contributed by atoms with Crippen LogP contribution in [0.3, 0.4) is 0 Å². The molecule has 2 aromatic carbocycles. The molecular weight excluding hydrogens is 381 g/mol. The van der Waals surface area contributed by atoms with Crippen LogP contribution in [0.1, 0.15) is 30.9 Å². The summed E-state index contributed by atoms with van der Waals surface area (Å²) < 4.78 is 13.8. The Morgan fingerprint density at radius 2 is 2.00 bits per heavy atom. The highest BCUT2D eigenvalue weighted by Gasteiger charge is 2.21. The SMILES string of the molecule is CC(NCc1ccccc1CN1CCCC1=O)C(=O)Nc1cc(Cl)ccc1F. The summed E-state index contributed by atoms with van der Waals surface area (Å²) in [6.07, 6.45) is 1.51. The van der Waals surface area contributed by atoms with Crippen LogP contribution >= 0.6 is 11.6 Å². The fraction of sp³-hybridized carbons (Fsp3) is 0.333. The molecule has 0 saturated carbocycles. The Hall–Kier alpha value is -2.44. The average Bonchev–Trinajstić information content (AvgIpc) is 3.08. The standard InChI is InChI=1S/C21H23ClFN3O2/c1-14(21(28)25-19-11-17(22)8-9-18(19)23)24-12-15-5-2-3-6-16(15)13-26-10-4-7-20(26)27/h2-3,5-6,8-9,11,14,24H,4,7,10,12-13H2,1H3,(H,25,28). The number of carbonyl (C=O) groups excluding carboxylic acids is 2. The average molecular weight is 404 g/mol. The molecule has 5 nitrogen and oxygen atoms in total. The lowest BCUT2D eigenvalue weighted by molar-refractivity contribution is -0.128. The van der Waals surface area contributed by atoms with Crippen molar-refractivity contribution in [3.8, 4) is 0 Å². The second-order valence-electron chi connectivity index (χ2n) is 6.90. The highest BCUT2D eigenvalue weighted by Crippen LogP contribution is 2.20. The van der Waals surface area contributed by atoms with Crippen LogP contribution in [0, 0.1) is 5.82 Å². The predicted molar refractivity (Wildman–Crippen MR) is 107 cm³/mol. The molecule has 1 unspecified atom stereocenters. The first-order valence-electron chi connectivity index (χ1n) is 9.28. The van der Waals surface area contributed by atoms with Gasteiger partial charge in [0, 0.05) is 31.1 Å². The summed E-state index contributed by atoms with van der Waals surface area (Å²) in [5, 5.41) is 6.06. The van der Waals surface area contributed by atoms with Gasteiger partial charge in [-0.15, -0.1) is 0 Å². The number of halogens is 2. The molecule has 1 fully saturated rings. The minimum Gasteiger partial charge on any atom is -0.338 e. The smallest absolute Gasteiger partial charge is 0.241 e. The molecule has 2 aromatic rings. The Kier molecular flexibility index (Phi) is 6.65. The minimum absolute atomic E-state index is 0.0547. The third-order valence-corrected chi connectivity index (χ3v) is 5.06. The van der Waals surface area contributed by atoms with Gasteiger partial charge in [-0.25, -0.2) is 4.39 Å². The largest absolute Gasteiger partial charge is 0.338 e. The van der Waals surface area contributed by atoms with Gasteiger partial charge >= 0.3 is 0 Å². The molecule has 7 heteroatoms. The van der Waals surface area contributed by atoms with Gasteiger partial charge in [0.2, 0.25) is 11.8 Å². The van der Waals surface area contributed by atoms with E-state index in [1.165, 1.54) is 18.2 Å². The number of likely N-dealkylation sites (tertiary alicyclic amines) is 1. The van der Waals surface area contributed by atoms with Crippen molar-refractivity contribution in [1.82, 2.24) is 10.2 Å². The topological polar surface area (TPSA) is 61.4 Å². The van der Waals surface area contributed by atoms with Crippen molar-refractivity contribution in [3.05, 3.63) is 64.4 Å². The van der Waals surface area contributed by atoms with E-state index in [9.17, 15) is 14.0 Å². The van der Waals surface area contributed by atoms with E-state index < -0.39 is 11.9 Å². The second kappa shape index (κ2) is 9.17. The van der Waals surface area contributed by atoms with Crippen LogP contribution in [0.2, 0.25) is 5.02 Å². The van der Waals surface area contributed by atoms with Gasteiger partial charge in [-0.05, 0) is 42.7 Å². The zero-order valence-corrected chi connectivity index (χ0v) is 16.4. The predicted octanol–water partition coefficient (Wildman–Crippen LogP) is 3.72. The molecule has 0 aromatic heterocycles. The molecule has 3 rings (SSSR count). The van der Waals surface area contributed by atoms with Gasteiger partial charge in [0.15, 0.2) is 0 Å². The summed E-state index contributed by atoms with van der Waals surface area (Å²) in [5.41, 5.74) is 2.13. The van der Waals surface area contributed by atoms with Gasteiger partial charge in [-0.2, -0.15) is 0 Å². The molecule has 28 heavy (non-hydrogen) atoms.